The first kappa shape index (κ1) is 23.3. The number of carboxylic acids is 1. The molecule has 0 radical (unpaired) electrons. The lowest BCUT2D eigenvalue weighted by Crippen LogP contribution is -1.98. The smallest absolute Gasteiger partial charge is 0.330 e. The third-order valence-electron chi connectivity index (χ3n) is 1.33. The summed E-state index contributed by atoms with van der Waals surface area (Å²) in [4.78, 5) is 29.7. The van der Waals surface area contributed by atoms with E-state index >= 15 is 0 Å². The third-order valence-corrected chi connectivity index (χ3v) is 1.33. The molecular weight excluding hydrogens is 280 g/mol. The Labute approximate surface area is 123 Å². The summed E-state index contributed by atoms with van der Waals surface area (Å²) in [6, 6.07) is 0. The van der Waals surface area contributed by atoms with Gasteiger partial charge in [0.25, 0.3) is 0 Å². The molecule has 0 aliphatic rings. The van der Waals surface area contributed by atoms with Gasteiger partial charge < -0.3 is 19.7 Å². The zero-order valence-corrected chi connectivity index (χ0v) is 12.1. The number of aliphatic hydroxyl groups is 1. The van der Waals surface area contributed by atoms with Gasteiger partial charge in [0.2, 0.25) is 0 Å². The van der Waals surface area contributed by atoms with Gasteiger partial charge in [0, 0.05) is 17.7 Å². The van der Waals surface area contributed by atoms with Gasteiger partial charge in [-0.1, -0.05) is 19.7 Å². The predicted octanol–water partition coefficient (Wildman–Crippen LogP) is 1.78. The van der Waals surface area contributed by atoms with Crippen LogP contribution in [-0.2, 0) is 23.9 Å². The molecule has 118 valence electrons. The van der Waals surface area contributed by atoms with Crippen LogP contribution in [0.4, 0.5) is 0 Å². The van der Waals surface area contributed by atoms with Crippen molar-refractivity contribution in [1.82, 2.24) is 0 Å². The van der Waals surface area contributed by atoms with Crippen LogP contribution in [0.15, 0.2) is 49.8 Å². The van der Waals surface area contributed by atoms with Crippen molar-refractivity contribution in [3.63, 3.8) is 0 Å². The summed E-state index contributed by atoms with van der Waals surface area (Å²) in [5, 5.41) is 15.9. The molecule has 7 heteroatoms. The quantitative estimate of drug-likeness (QED) is 0.452. The highest BCUT2D eigenvalue weighted by molar-refractivity contribution is 5.84. The van der Waals surface area contributed by atoms with Crippen LogP contribution in [0.3, 0.4) is 0 Å². The highest BCUT2D eigenvalue weighted by Crippen LogP contribution is 1.81. The lowest BCUT2D eigenvalue weighted by molar-refractivity contribution is -0.137. The van der Waals surface area contributed by atoms with Gasteiger partial charge in [-0.25, -0.2) is 14.4 Å². The molecular formula is C14H20O7. The Morgan fingerprint density at radius 2 is 1.57 bits per heavy atom. The van der Waals surface area contributed by atoms with Crippen molar-refractivity contribution in [3.05, 3.63) is 49.8 Å². The highest BCUT2D eigenvalue weighted by atomic mass is 16.5. The Balaban J connectivity index is -0.000000240. The van der Waals surface area contributed by atoms with Crippen molar-refractivity contribution in [2.24, 2.45) is 0 Å². The molecule has 0 aromatic rings. The molecule has 0 unspecified atom stereocenters. The molecule has 0 atom stereocenters. The van der Waals surface area contributed by atoms with Gasteiger partial charge in [0.15, 0.2) is 0 Å². The second-order valence-corrected chi connectivity index (χ2v) is 3.03. The van der Waals surface area contributed by atoms with E-state index in [4.69, 9.17) is 10.2 Å². The fraction of sp³-hybridized carbons (Fsp3) is 0.214. The molecule has 0 spiro atoms. The third kappa shape index (κ3) is 26.7. The molecule has 0 fully saturated rings. The Kier molecular flexibility index (Phi) is 19.0. The van der Waals surface area contributed by atoms with Gasteiger partial charge in [0.1, 0.15) is 6.61 Å². The van der Waals surface area contributed by atoms with Gasteiger partial charge in [-0.3, -0.25) is 0 Å². The number of esters is 2. The standard InChI is InChI=1S/C6H8O3.2C4H6O2/c1-2-6(8)9-5-3-4-7;1-3-4(5)6-2;1-3(2)4(5)6/h2-4,7H,1,5H2;3H,1H2,2H3;1H2,2H3,(H,5,6). The van der Waals surface area contributed by atoms with Crippen molar-refractivity contribution in [2.75, 3.05) is 13.7 Å². The molecule has 0 aromatic heterocycles. The number of aliphatic carboxylic acids is 1. The van der Waals surface area contributed by atoms with Gasteiger partial charge in [-0.15, -0.1) is 0 Å². The molecule has 0 amide bonds. The minimum atomic E-state index is -0.935. The zero-order chi connectivity index (χ0) is 17.3. The van der Waals surface area contributed by atoms with Crippen LogP contribution in [-0.4, -0.2) is 41.8 Å². The van der Waals surface area contributed by atoms with E-state index in [0.29, 0.717) is 0 Å². The SMILES string of the molecule is C=C(C)C(=O)O.C=CC(=O)OC.C=CC(=O)OCC=CO. The molecule has 0 aliphatic carbocycles. The van der Waals surface area contributed by atoms with Crippen molar-refractivity contribution >= 4 is 17.9 Å². The highest BCUT2D eigenvalue weighted by Gasteiger charge is 1.90. The van der Waals surface area contributed by atoms with Gasteiger partial charge in [-0.2, -0.15) is 0 Å². The summed E-state index contributed by atoms with van der Waals surface area (Å²) in [5.74, 6) is -1.82. The Bertz CT molecular complexity index is 379. The fourth-order valence-corrected chi connectivity index (χ4v) is 0.316. The van der Waals surface area contributed by atoms with Crippen LogP contribution in [0.25, 0.3) is 0 Å². The van der Waals surface area contributed by atoms with Crippen LogP contribution in [0.1, 0.15) is 6.92 Å². The largest absolute Gasteiger partial charge is 0.516 e. The summed E-state index contributed by atoms with van der Waals surface area (Å²) in [5.41, 5.74) is 0.176. The molecule has 0 bridgehead atoms. The number of carbonyl (C=O) groups is 3. The van der Waals surface area contributed by atoms with E-state index in [1.807, 2.05) is 0 Å². The van der Waals surface area contributed by atoms with Crippen molar-refractivity contribution < 1.29 is 34.1 Å². The number of hydrogen-bond donors (Lipinski definition) is 2. The number of carbonyl (C=O) groups excluding carboxylic acids is 2. The Morgan fingerprint density at radius 1 is 1.14 bits per heavy atom. The van der Waals surface area contributed by atoms with Crippen LogP contribution < -0.4 is 0 Å². The normalized spacial score (nSPS) is 8.10. The lowest BCUT2D eigenvalue weighted by atomic mass is 10.4. The van der Waals surface area contributed by atoms with Crippen molar-refractivity contribution in [1.29, 1.82) is 0 Å². The van der Waals surface area contributed by atoms with Crippen LogP contribution in [0, 0.1) is 0 Å². The van der Waals surface area contributed by atoms with Crippen molar-refractivity contribution in [2.45, 2.75) is 6.92 Å². The lowest BCUT2D eigenvalue weighted by Gasteiger charge is -1.92. The second kappa shape index (κ2) is 17.2. The zero-order valence-electron chi connectivity index (χ0n) is 12.1. The molecule has 0 aromatic carbocycles. The average Bonchev–Trinajstić information content (AvgIpc) is 2.47. The summed E-state index contributed by atoms with van der Waals surface area (Å²) < 4.78 is 8.57. The molecule has 7 nitrogen and oxygen atoms in total. The van der Waals surface area contributed by atoms with Gasteiger partial charge >= 0.3 is 17.9 Å². The number of carboxylic acid groups (broad SMARTS) is 1. The van der Waals surface area contributed by atoms with E-state index in [2.05, 4.69) is 29.2 Å². The summed E-state index contributed by atoms with van der Waals surface area (Å²) >= 11 is 0. The molecule has 0 heterocycles. The van der Waals surface area contributed by atoms with E-state index in [1.54, 1.807) is 0 Å². The van der Waals surface area contributed by atoms with E-state index in [0.717, 1.165) is 18.4 Å². The summed E-state index contributed by atoms with van der Waals surface area (Å²) in [7, 11) is 1.31. The topological polar surface area (TPSA) is 110 Å². The van der Waals surface area contributed by atoms with E-state index in [1.165, 1.54) is 20.1 Å². The number of rotatable bonds is 5. The summed E-state index contributed by atoms with van der Waals surface area (Å²) in [6.45, 7) is 11.0. The monoisotopic (exact) mass is 300 g/mol. The predicted molar refractivity (Wildman–Crippen MR) is 77.6 cm³/mol. The number of methoxy groups -OCH3 is 1. The van der Waals surface area contributed by atoms with E-state index in [-0.39, 0.29) is 12.2 Å². The van der Waals surface area contributed by atoms with Crippen LogP contribution in [0.2, 0.25) is 0 Å². The number of ether oxygens (including phenoxy) is 2. The van der Waals surface area contributed by atoms with Crippen LogP contribution >= 0.6 is 0 Å². The molecule has 2 N–H and O–H groups in total. The Morgan fingerprint density at radius 3 is 1.76 bits per heavy atom. The molecule has 21 heavy (non-hydrogen) atoms. The molecule has 0 saturated heterocycles. The van der Waals surface area contributed by atoms with Crippen LogP contribution in [0.5, 0.6) is 0 Å². The first-order valence-corrected chi connectivity index (χ1v) is 5.44. The van der Waals surface area contributed by atoms with Gasteiger partial charge in [-0.05, 0) is 13.0 Å². The minimum Gasteiger partial charge on any atom is -0.516 e. The second-order valence-electron chi connectivity index (χ2n) is 3.03. The first-order chi connectivity index (χ1) is 9.76. The van der Waals surface area contributed by atoms with E-state index < -0.39 is 17.9 Å². The number of aliphatic hydroxyl groups excluding tert-OH is 1. The summed E-state index contributed by atoms with van der Waals surface area (Å²) in [6.07, 6.45) is 4.29. The maximum atomic E-state index is 10.2. The minimum absolute atomic E-state index is 0.0847. The molecule has 0 aliphatic heterocycles. The van der Waals surface area contributed by atoms with E-state index in [9.17, 15) is 14.4 Å². The average molecular weight is 300 g/mol. The number of hydrogen-bond acceptors (Lipinski definition) is 6. The fourth-order valence-electron chi connectivity index (χ4n) is 0.316. The van der Waals surface area contributed by atoms with Crippen molar-refractivity contribution in [3.8, 4) is 0 Å². The maximum absolute atomic E-state index is 10.2. The molecule has 0 saturated carbocycles. The molecule has 0 rings (SSSR count). The Hall–Kier alpha value is -2.83. The first-order valence-electron chi connectivity index (χ1n) is 5.44. The van der Waals surface area contributed by atoms with Gasteiger partial charge in [0.05, 0.1) is 13.4 Å². The maximum Gasteiger partial charge on any atom is 0.330 e.